The number of halogens is 2. The van der Waals surface area contributed by atoms with Crippen LogP contribution in [0.3, 0.4) is 0 Å². The predicted octanol–water partition coefficient (Wildman–Crippen LogP) is 3.71. The van der Waals surface area contributed by atoms with Crippen LogP contribution in [0.1, 0.15) is 25.8 Å². The van der Waals surface area contributed by atoms with Gasteiger partial charge in [-0.05, 0) is 26.0 Å². The molecule has 0 saturated heterocycles. The highest BCUT2D eigenvalue weighted by Crippen LogP contribution is 2.17. The van der Waals surface area contributed by atoms with Crippen molar-refractivity contribution in [1.29, 1.82) is 5.26 Å². The first-order valence-corrected chi connectivity index (χ1v) is 6.39. The van der Waals surface area contributed by atoms with Gasteiger partial charge in [-0.25, -0.2) is 4.39 Å². The predicted molar refractivity (Wildman–Crippen MR) is 69.9 cm³/mol. The summed E-state index contributed by atoms with van der Waals surface area (Å²) in [4.78, 5) is 2.09. The summed E-state index contributed by atoms with van der Waals surface area (Å²) in [7, 11) is 0. The zero-order valence-corrected chi connectivity index (χ0v) is 11.7. The van der Waals surface area contributed by atoms with Gasteiger partial charge in [-0.2, -0.15) is 5.26 Å². The summed E-state index contributed by atoms with van der Waals surface area (Å²) in [6.07, 6.45) is 0.469. The molecule has 92 valence electrons. The minimum atomic E-state index is -0.206. The maximum Gasteiger partial charge on any atom is 0.128 e. The molecule has 0 saturated carbocycles. The number of hydrogen-bond donors (Lipinski definition) is 0. The molecule has 0 aliphatic rings. The second-order valence-electron chi connectivity index (χ2n) is 4.21. The van der Waals surface area contributed by atoms with E-state index in [1.807, 2.05) is 19.9 Å². The lowest BCUT2D eigenvalue weighted by atomic mass is 10.1. The minimum Gasteiger partial charge on any atom is -0.296 e. The number of nitrogens with zero attached hydrogens (tertiary/aromatic N) is 2. The van der Waals surface area contributed by atoms with E-state index in [0.717, 1.165) is 4.47 Å². The standard InChI is InChI=1S/C13H16BrFN2/c1-10(2)17(7-3-6-16)9-11-4-5-12(14)8-13(11)15/h4-5,8,10H,3,7,9H2,1-2H3. The molecule has 0 unspecified atom stereocenters. The highest BCUT2D eigenvalue weighted by Gasteiger charge is 2.12. The molecule has 1 rings (SSSR count). The van der Waals surface area contributed by atoms with E-state index in [9.17, 15) is 4.39 Å². The fourth-order valence-electron chi connectivity index (χ4n) is 1.58. The van der Waals surface area contributed by atoms with Gasteiger partial charge >= 0.3 is 0 Å². The van der Waals surface area contributed by atoms with E-state index in [4.69, 9.17) is 5.26 Å². The maximum absolute atomic E-state index is 13.7. The van der Waals surface area contributed by atoms with Crippen molar-refractivity contribution < 1.29 is 4.39 Å². The molecule has 0 aliphatic heterocycles. The summed E-state index contributed by atoms with van der Waals surface area (Å²) in [5.41, 5.74) is 0.667. The Morgan fingerprint density at radius 2 is 2.18 bits per heavy atom. The van der Waals surface area contributed by atoms with E-state index >= 15 is 0 Å². The van der Waals surface area contributed by atoms with Crippen molar-refractivity contribution in [3.05, 3.63) is 34.1 Å². The van der Waals surface area contributed by atoms with Crippen LogP contribution in [-0.4, -0.2) is 17.5 Å². The van der Waals surface area contributed by atoms with E-state index in [1.54, 1.807) is 6.07 Å². The van der Waals surface area contributed by atoms with Crippen LogP contribution in [0.5, 0.6) is 0 Å². The van der Waals surface area contributed by atoms with Crippen molar-refractivity contribution in [2.45, 2.75) is 32.9 Å². The highest BCUT2D eigenvalue weighted by atomic mass is 79.9. The Kier molecular flexibility index (Phi) is 5.60. The first-order valence-electron chi connectivity index (χ1n) is 5.59. The van der Waals surface area contributed by atoms with Crippen LogP contribution in [0.15, 0.2) is 22.7 Å². The monoisotopic (exact) mass is 298 g/mol. The van der Waals surface area contributed by atoms with Gasteiger partial charge in [0, 0.05) is 35.6 Å². The van der Waals surface area contributed by atoms with Gasteiger partial charge in [-0.15, -0.1) is 0 Å². The van der Waals surface area contributed by atoms with Gasteiger partial charge in [0.15, 0.2) is 0 Å². The smallest absolute Gasteiger partial charge is 0.128 e. The molecule has 0 heterocycles. The summed E-state index contributed by atoms with van der Waals surface area (Å²) >= 11 is 3.24. The van der Waals surface area contributed by atoms with Crippen LogP contribution < -0.4 is 0 Å². The SMILES string of the molecule is CC(C)N(CCC#N)Cc1ccc(Br)cc1F. The Balaban J connectivity index is 2.75. The number of benzene rings is 1. The summed E-state index contributed by atoms with van der Waals surface area (Å²) < 4.78 is 14.4. The molecule has 4 heteroatoms. The molecule has 1 aromatic rings. The van der Waals surface area contributed by atoms with Gasteiger partial charge in [0.1, 0.15) is 5.82 Å². The van der Waals surface area contributed by atoms with Gasteiger partial charge in [0.2, 0.25) is 0 Å². The third-order valence-electron chi connectivity index (χ3n) is 2.63. The van der Waals surface area contributed by atoms with E-state index in [2.05, 4.69) is 26.9 Å². The van der Waals surface area contributed by atoms with Crippen molar-refractivity contribution in [2.75, 3.05) is 6.54 Å². The van der Waals surface area contributed by atoms with Gasteiger partial charge in [-0.3, -0.25) is 4.90 Å². The third-order valence-corrected chi connectivity index (χ3v) is 3.12. The fourth-order valence-corrected chi connectivity index (χ4v) is 1.92. The Labute approximate surface area is 110 Å². The van der Waals surface area contributed by atoms with Gasteiger partial charge in [0.25, 0.3) is 0 Å². The molecule has 0 spiro atoms. The molecular weight excluding hydrogens is 283 g/mol. The molecule has 0 atom stereocenters. The molecule has 0 aliphatic carbocycles. The van der Waals surface area contributed by atoms with Crippen molar-refractivity contribution in [3.63, 3.8) is 0 Å². The summed E-state index contributed by atoms with van der Waals surface area (Å²) in [6.45, 7) is 5.31. The van der Waals surface area contributed by atoms with Crippen LogP contribution >= 0.6 is 15.9 Å². The first kappa shape index (κ1) is 14.1. The Morgan fingerprint density at radius 3 is 2.71 bits per heavy atom. The van der Waals surface area contributed by atoms with Crippen molar-refractivity contribution in [1.82, 2.24) is 4.90 Å². The molecular formula is C13H16BrFN2. The second kappa shape index (κ2) is 6.73. The molecule has 0 radical (unpaired) electrons. The molecule has 0 amide bonds. The van der Waals surface area contributed by atoms with Crippen LogP contribution in [0, 0.1) is 17.1 Å². The topological polar surface area (TPSA) is 27.0 Å². The van der Waals surface area contributed by atoms with Crippen LogP contribution in [0.25, 0.3) is 0 Å². The molecule has 17 heavy (non-hydrogen) atoms. The van der Waals surface area contributed by atoms with Crippen LogP contribution in [0.4, 0.5) is 4.39 Å². The molecule has 0 aromatic heterocycles. The largest absolute Gasteiger partial charge is 0.296 e. The third kappa shape index (κ3) is 4.45. The first-order chi connectivity index (χ1) is 8.04. The number of hydrogen-bond acceptors (Lipinski definition) is 2. The zero-order valence-electron chi connectivity index (χ0n) is 10.1. The Bertz CT molecular complexity index is 412. The lowest BCUT2D eigenvalue weighted by molar-refractivity contribution is 0.215. The van der Waals surface area contributed by atoms with Crippen molar-refractivity contribution in [2.24, 2.45) is 0 Å². The average molecular weight is 299 g/mol. The quantitative estimate of drug-likeness (QED) is 0.828. The van der Waals surface area contributed by atoms with E-state index < -0.39 is 0 Å². The number of nitriles is 1. The van der Waals surface area contributed by atoms with Gasteiger partial charge in [-0.1, -0.05) is 22.0 Å². The lowest BCUT2D eigenvalue weighted by Crippen LogP contribution is -2.31. The van der Waals surface area contributed by atoms with Gasteiger partial charge < -0.3 is 0 Å². The average Bonchev–Trinajstić information content (AvgIpc) is 2.26. The normalized spacial score (nSPS) is 10.9. The molecule has 0 bridgehead atoms. The lowest BCUT2D eigenvalue weighted by Gasteiger charge is -2.25. The van der Waals surface area contributed by atoms with Crippen molar-refractivity contribution >= 4 is 15.9 Å². The zero-order chi connectivity index (χ0) is 12.8. The van der Waals surface area contributed by atoms with Gasteiger partial charge in [0.05, 0.1) is 6.07 Å². The van der Waals surface area contributed by atoms with Crippen molar-refractivity contribution in [3.8, 4) is 6.07 Å². The Morgan fingerprint density at radius 1 is 1.47 bits per heavy atom. The summed E-state index contributed by atoms with van der Waals surface area (Å²) in [5, 5.41) is 8.60. The van der Waals surface area contributed by atoms with Crippen LogP contribution in [0.2, 0.25) is 0 Å². The fraction of sp³-hybridized carbons (Fsp3) is 0.462. The number of rotatable bonds is 5. The summed E-state index contributed by atoms with van der Waals surface area (Å²) in [6, 6.07) is 7.50. The molecule has 1 aromatic carbocycles. The second-order valence-corrected chi connectivity index (χ2v) is 5.12. The van der Waals surface area contributed by atoms with Crippen LogP contribution in [-0.2, 0) is 6.54 Å². The Hall–Kier alpha value is -0.920. The molecule has 0 fully saturated rings. The van der Waals surface area contributed by atoms with E-state index in [0.29, 0.717) is 31.1 Å². The van der Waals surface area contributed by atoms with E-state index in [-0.39, 0.29) is 5.82 Å². The summed E-state index contributed by atoms with van der Waals surface area (Å²) in [5.74, 6) is -0.206. The maximum atomic E-state index is 13.7. The molecule has 0 N–H and O–H groups in total. The molecule has 2 nitrogen and oxygen atoms in total. The van der Waals surface area contributed by atoms with E-state index in [1.165, 1.54) is 6.07 Å². The highest BCUT2D eigenvalue weighted by molar-refractivity contribution is 9.10. The minimum absolute atomic E-state index is 0.206.